The first-order valence-electron chi connectivity index (χ1n) is 9.30. The monoisotopic (exact) mass is 407 g/mol. The van der Waals surface area contributed by atoms with Gasteiger partial charge >= 0.3 is 0 Å². The Morgan fingerprint density at radius 3 is 2.61 bits per heavy atom. The van der Waals surface area contributed by atoms with Crippen molar-refractivity contribution in [1.29, 1.82) is 0 Å². The number of amides is 1. The van der Waals surface area contributed by atoms with Gasteiger partial charge < -0.3 is 4.74 Å². The molecular weight excluding hydrogens is 386 g/mol. The highest BCUT2D eigenvalue weighted by Crippen LogP contribution is 2.40. The molecule has 142 valence electrons. The maximum atomic E-state index is 12.9. The fourth-order valence-electron chi connectivity index (χ4n) is 3.34. The highest BCUT2D eigenvalue weighted by Gasteiger charge is 2.33. The number of hydrogen-bond donors (Lipinski definition) is 0. The van der Waals surface area contributed by atoms with Gasteiger partial charge in [0.15, 0.2) is 0 Å². The number of carbonyl (C=O) groups excluding carboxylic acids is 1. The summed E-state index contributed by atoms with van der Waals surface area (Å²) in [5.41, 5.74) is 3.02. The number of nitrogens with zero attached hydrogens (tertiary/aromatic N) is 1. The maximum Gasteiger partial charge on any atom is 0.266 e. The van der Waals surface area contributed by atoms with Gasteiger partial charge in [0.25, 0.3) is 5.91 Å². The highest BCUT2D eigenvalue weighted by molar-refractivity contribution is 8.26. The number of fused-ring (bicyclic) bond motifs is 1. The number of rotatable bonds is 4. The molecule has 0 aliphatic carbocycles. The Morgan fingerprint density at radius 2 is 1.86 bits per heavy atom. The van der Waals surface area contributed by atoms with Crippen molar-refractivity contribution >= 4 is 40.3 Å². The van der Waals surface area contributed by atoms with Crippen LogP contribution in [-0.2, 0) is 4.79 Å². The number of carbonyl (C=O) groups is 1. The number of benzene rings is 2. The van der Waals surface area contributed by atoms with Gasteiger partial charge in [0.2, 0.25) is 0 Å². The van der Waals surface area contributed by atoms with Crippen molar-refractivity contribution in [3.8, 4) is 5.75 Å². The van der Waals surface area contributed by atoms with Gasteiger partial charge in [-0.3, -0.25) is 9.69 Å². The largest absolute Gasteiger partial charge is 0.480 e. The van der Waals surface area contributed by atoms with Crippen molar-refractivity contribution < 1.29 is 9.53 Å². The molecule has 2 aliphatic heterocycles. The van der Waals surface area contributed by atoms with Crippen LogP contribution in [0.5, 0.6) is 5.75 Å². The van der Waals surface area contributed by atoms with Gasteiger partial charge in [-0.05, 0) is 35.3 Å². The van der Waals surface area contributed by atoms with Crippen LogP contribution in [0.2, 0.25) is 0 Å². The Hall–Kier alpha value is -2.37. The van der Waals surface area contributed by atoms with Crippen molar-refractivity contribution in [1.82, 2.24) is 4.90 Å². The lowest BCUT2D eigenvalue weighted by atomic mass is 9.95. The molecule has 1 saturated heterocycles. The van der Waals surface area contributed by atoms with Crippen molar-refractivity contribution in [2.24, 2.45) is 5.92 Å². The first-order chi connectivity index (χ1) is 13.5. The van der Waals surface area contributed by atoms with E-state index in [0.717, 1.165) is 22.4 Å². The Balaban J connectivity index is 1.73. The summed E-state index contributed by atoms with van der Waals surface area (Å²) in [5.74, 6) is 1.19. The summed E-state index contributed by atoms with van der Waals surface area (Å²) in [6, 6.07) is 18.0. The van der Waals surface area contributed by atoms with E-state index in [9.17, 15) is 4.79 Å². The maximum absolute atomic E-state index is 12.9. The molecule has 0 radical (unpaired) electrons. The van der Waals surface area contributed by atoms with E-state index in [1.807, 2.05) is 60.7 Å². The van der Waals surface area contributed by atoms with Gasteiger partial charge in [0, 0.05) is 12.1 Å². The Bertz CT molecular complexity index is 979. The average molecular weight is 408 g/mol. The molecule has 0 N–H and O–H groups in total. The summed E-state index contributed by atoms with van der Waals surface area (Å²) in [6.07, 6.45) is 3.78. The lowest BCUT2D eigenvalue weighted by Gasteiger charge is -2.26. The van der Waals surface area contributed by atoms with E-state index in [1.54, 1.807) is 4.90 Å². The van der Waals surface area contributed by atoms with Gasteiger partial charge in [-0.2, -0.15) is 0 Å². The third-order valence-corrected chi connectivity index (χ3v) is 5.99. The predicted octanol–water partition coefficient (Wildman–Crippen LogP) is 5.60. The van der Waals surface area contributed by atoms with Crippen LogP contribution in [0.3, 0.4) is 0 Å². The molecule has 2 aromatic carbocycles. The molecule has 1 amide bonds. The van der Waals surface area contributed by atoms with Crippen molar-refractivity contribution in [2.75, 3.05) is 6.54 Å². The predicted molar refractivity (Wildman–Crippen MR) is 119 cm³/mol. The molecule has 1 fully saturated rings. The molecule has 0 spiro atoms. The number of ether oxygens (including phenoxy) is 1. The molecule has 0 aromatic heterocycles. The molecule has 1 unspecified atom stereocenters. The first-order valence-corrected chi connectivity index (χ1v) is 10.5. The fraction of sp³-hybridized carbons (Fsp3) is 0.217. The fourth-order valence-corrected chi connectivity index (χ4v) is 4.61. The minimum absolute atomic E-state index is 0.0183. The van der Waals surface area contributed by atoms with Crippen LogP contribution in [0.1, 0.15) is 31.1 Å². The van der Waals surface area contributed by atoms with Gasteiger partial charge in [0.05, 0.1) is 4.91 Å². The van der Waals surface area contributed by atoms with Crippen LogP contribution in [-0.4, -0.2) is 21.7 Å². The molecule has 0 saturated carbocycles. The molecule has 1 atom stereocenters. The Morgan fingerprint density at radius 1 is 1.14 bits per heavy atom. The van der Waals surface area contributed by atoms with Crippen molar-refractivity contribution in [3.05, 3.63) is 82.3 Å². The molecule has 4 rings (SSSR count). The lowest BCUT2D eigenvalue weighted by Crippen LogP contribution is -2.31. The zero-order valence-electron chi connectivity index (χ0n) is 15.8. The van der Waals surface area contributed by atoms with Crippen LogP contribution >= 0.6 is 24.0 Å². The first kappa shape index (κ1) is 19.0. The molecule has 0 bridgehead atoms. The van der Waals surface area contributed by atoms with Crippen LogP contribution in [0, 0.1) is 5.92 Å². The van der Waals surface area contributed by atoms with Gasteiger partial charge in [0.1, 0.15) is 16.2 Å². The number of thiocarbonyl (C=S) groups is 1. The Labute approximate surface area is 175 Å². The third kappa shape index (κ3) is 3.77. The zero-order chi connectivity index (χ0) is 19.7. The second-order valence-corrected chi connectivity index (χ2v) is 8.95. The van der Waals surface area contributed by atoms with Crippen molar-refractivity contribution in [3.63, 3.8) is 0 Å². The zero-order valence-corrected chi connectivity index (χ0v) is 17.4. The molecule has 3 nitrogen and oxygen atoms in total. The van der Waals surface area contributed by atoms with E-state index >= 15 is 0 Å². The molecular formula is C23H21NO2S2. The summed E-state index contributed by atoms with van der Waals surface area (Å²) in [6.45, 7) is 4.81. The second kappa shape index (κ2) is 7.94. The molecule has 2 heterocycles. The van der Waals surface area contributed by atoms with Gasteiger partial charge in [-0.15, -0.1) is 0 Å². The lowest BCUT2D eigenvalue weighted by molar-refractivity contribution is -0.122. The van der Waals surface area contributed by atoms with E-state index in [-0.39, 0.29) is 12.0 Å². The quantitative estimate of drug-likeness (QED) is 0.487. The van der Waals surface area contributed by atoms with E-state index in [0.29, 0.717) is 21.7 Å². The topological polar surface area (TPSA) is 29.5 Å². The van der Waals surface area contributed by atoms with E-state index < -0.39 is 0 Å². The Kier molecular flexibility index (Phi) is 5.38. The van der Waals surface area contributed by atoms with Crippen LogP contribution < -0.4 is 4.74 Å². The minimum atomic E-state index is -0.260. The average Bonchev–Trinajstić information content (AvgIpc) is 2.95. The van der Waals surface area contributed by atoms with Crippen LogP contribution in [0.25, 0.3) is 6.08 Å². The van der Waals surface area contributed by atoms with Gasteiger partial charge in [-0.25, -0.2) is 0 Å². The minimum Gasteiger partial charge on any atom is -0.480 e. The summed E-state index contributed by atoms with van der Waals surface area (Å²) < 4.78 is 6.94. The summed E-state index contributed by atoms with van der Waals surface area (Å²) in [4.78, 5) is 15.2. The molecule has 2 aliphatic rings. The van der Waals surface area contributed by atoms with E-state index in [4.69, 9.17) is 17.0 Å². The number of thioether (sulfide) groups is 1. The van der Waals surface area contributed by atoms with Crippen LogP contribution in [0.4, 0.5) is 0 Å². The third-order valence-electron chi connectivity index (χ3n) is 4.61. The highest BCUT2D eigenvalue weighted by atomic mass is 32.2. The van der Waals surface area contributed by atoms with E-state index in [1.165, 1.54) is 11.8 Å². The van der Waals surface area contributed by atoms with Gasteiger partial charge in [-0.1, -0.05) is 86.4 Å². The SMILES string of the molecule is CC(C)CN1C(=O)C(=CC2=Cc3ccccc3OC2c2ccccc2)SC1=S. The smallest absolute Gasteiger partial charge is 0.266 e. The summed E-state index contributed by atoms with van der Waals surface area (Å²) in [5, 5.41) is 0. The molecule has 2 aromatic rings. The summed E-state index contributed by atoms with van der Waals surface area (Å²) in [7, 11) is 0. The second-order valence-electron chi connectivity index (χ2n) is 7.28. The standard InChI is InChI=1S/C23H21NO2S2/c1-15(2)14-24-22(25)20(28-23(24)27)13-18-12-17-10-6-7-11-19(17)26-21(18)16-8-4-3-5-9-16/h3-13,15,21H,14H2,1-2H3. The van der Waals surface area contributed by atoms with E-state index in [2.05, 4.69) is 19.9 Å². The summed E-state index contributed by atoms with van der Waals surface area (Å²) >= 11 is 6.81. The number of para-hydroxylation sites is 1. The number of hydrogen-bond acceptors (Lipinski definition) is 4. The molecule has 28 heavy (non-hydrogen) atoms. The molecule has 5 heteroatoms. The normalized spacial score (nSPS) is 20.4. The van der Waals surface area contributed by atoms with Crippen molar-refractivity contribution in [2.45, 2.75) is 20.0 Å². The van der Waals surface area contributed by atoms with Crippen LogP contribution in [0.15, 0.2) is 71.2 Å².